The molecule has 0 heterocycles. The van der Waals surface area contributed by atoms with Crippen LogP contribution in [-0.2, 0) is 16.0 Å². The van der Waals surface area contributed by atoms with Gasteiger partial charge in [-0.3, -0.25) is 4.79 Å². The van der Waals surface area contributed by atoms with Crippen molar-refractivity contribution >= 4 is 11.8 Å². The van der Waals surface area contributed by atoms with Gasteiger partial charge in [-0.1, -0.05) is 29.8 Å². The van der Waals surface area contributed by atoms with Gasteiger partial charge in [0.2, 0.25) is 0 Å². The summed E-state index contributed by atoms with van der Waals surface area (Å²) in [5.41, 5.74) is -0.641. The lowest BCUT2D eigenvalue weighted by molar-refractivity contribution is -0.190. The van der Waals surface area contributed by atoms with Crippen molar-refractivity contribution in [2.45, 2.75) is 37.6 Å². The zero-order valence-electron chi connectivity index (χ0n) is 11.6. The van der Waals surface area contributed by atoms with E-state index in [0.29, 0.717) is 5.56 Å². The summed E-state index contributed by atoms with van der Waals surface area (Å²) in [5.74, 6) is -3.60. The number of aryl methyl sites for hydroxylation is 1. The Hall–Kier alpha value is -1.76. The summed E-state index contributed by atoms with van der Waals surface area (Å²) in [5, 5.41) is 39.2. The highest BCUT2D eigenvalue weighted by atomic mass is 16.4. The summed E-state index contributed by atoms with van der Waals surface area (Å²) < 4.78 is 0. The molecule has 1 aliphatic carbocycles. The van der Waals surface area contributed by atoms with E-state index in [0.717, 1.165) is 5.56 Å². The number of carboxylic acid groups (broad SMARTS) is 1. The Labute approximate surface area is 121 Å². The van der Waals surface area contributed by atoms with Crippen LogP contribution in [0.25, 0.3) is 0 Å². The molecule has 6 nitrogen and oxygen atoms in total. The molecule has 0 aromatic heterocycles. The molecule has 4 atom stereocenters. The lowest BCUT2D eigenvalue weighted by Gasteiger charge is -2.41. The summed E-state index contributed by atoms with van der Waals surface area (Å²) in [4.78, 5) is 22.9. The van der Waals surface area contributed by atoms with Gasteiger partial charge in [-0.15, -0.1) is 0 Å². The minimum atomic E-state index is -2.37. The van der Waals surface area contributed by atoms with E-state index in [9.17, 15) is 30.0 Å². The van der Waals surface area contributed by atoms with Crippen LogP contribution in [-0.4, -0.2) is 50.0 Å². The van der Waals surface area contributed by atoms with Crippen molar-refractivity contribution in [3.63, 3.8) is 0 Å². The first-order chi connectivity index (χ1) is 9.75. The molecule has 0 saturated heterocycles. The molecule has 1 saturated carbocycles. The van der Waals surface area contributed by atoms with Gasteiger partial charge in [0.05, 0.1) is 6.10 Å². The van der Waals surface area contributed by atoms with Crippen molar-refractivity contribution in [2.75, 3.05) is 0 Å². The minimum Gasteiger partial charge on any atom is -0.479 e. The molecule has 21 heavy (non-hydrogen) atoms. The maximum absolute atomic E-state index is 11.5. The van der Waals surface area contributed by atoms with Crippen LogP contribution in [0.2, 0.25) is 0 Å². The summed E-state index contributed by atoms with van der Waals surface area (Å²) in [6.45, 7) is 1.90. The van der Waals surface area contributed by atoms with Crippen LogP contribution in [0.15, 0.2) is 24.3 Å². The number of carboxylic acids is 1. The van der Waals surface area contributed by atoms with Gasteiger partial charge in [0.25, 0.3) is 0 Å². The normalized spacial score (nSPS) is 33.0. The first-order valence-electron chi connectivity index (χ1n) is 6.66. The van der Waals surface area contributed by atoms with Crippen molar-refractivity contribution in [3.05, 3.63) is 35.4 Å². The highest BCUT2D eigenvalue weighted by Gasteiger charge is 2.55. The topological polar surface area (TPSA) is 115 Å². The molecule has 0 radical (unpaired) electrons. The Kier molecular flexibility index (Phi) is 4.13. The number of hydrogen-bond acceptors (Lipinski definition) is 5. The number of ketones is 1. The van der Waals surface area contributed by atoms with E-state index in [2.05, 4.69) is 0 Å². The van der Waals surface area contributed by atoms with Gasteiger partial charge in [-0.25, -0.2) is 4.79 Å². The number of Topliss-reactive ketones (excluding diaryl/α,β-unsaturated/α-hetero) is 1. The molecule has 114 valence electrons. The predicted octanol–water partition coefficient (Wildman–Crippen LogP) is -0.336. The maximum atomic E-state index is 11.5. The van der Waals surface area contributed by atoms with E-state index in [1.54, 1.807) is 12.1 Å². The number of rotatable bonds is 3. The van der Waals surface area contributed by atoms with Crippen molar-refractivity contribution < 1.29 is 30.0 Å². The van der Waals surface area contributed by atoms with Gasteiger partial charge < -0.3 is 20.4 Å². The second-order valence-corrected chi connectivity index (χ2v) is 5.60. The van der Waals surface area contributed by atoms with E-state index in [1.165, 1.54) is 0 Å². The quantitative estimate of drug-likeness (QED) is 0.606. The number of aliphatic carboxylic acids is 1. The number of hydrogen-bond donors (Lipinski definition) is 4. The molecule has 4 N–H and O–H groups in total. The van der Waals surface area contributed by atoms with Crippen LogP contribution in [0.1, 0.15) is 17.5 Å². The van der Waals surface area contributed by atoms with Gasteiger partial charge in [-0.05, 0) is 18.9 Å². The van der Waals surface area contributed by atoms with Crippen LogP contribution in [0, 0.1) is 12.8 Å². The molecular weight excluding hydrogens is 276 g/mol. The second-order valence-electron chi connectivity index (χ2n) is 5.60. The Morgan fingerprint density at radius 1 is 1.29 bits per heavy atom. The molecule has 0 unspecified atom stereocenters. The fourth-order valence-corrected chi connectivity index (χ4v) is 2.70. The number of aliphatic hydroxyl groups excluding tert-OH is 2. The van der Waals surface area contributed by atoms with E-state index < -0.39 is 41.9 Å². The molecule has 0 bridgehead atoms. The van der Waals surface area contributed by atoms with Crippen LogP contribution >= 0.6 is 0 Å². The number of carbonyl (C=O) groups excluding carboxylic acids is 1. The Morgan fingerprint density at radius 3 is 2.38 bits per heavy atom. The fourth-order valence-electron chi connectivity index (χ4n) is 2.70. The zero-order valence-corrected chi connectivity index (χ0v) is 11.6. The largest absolute Gasteiger partial charge is 0.479 e. The van der Waals surface area contributed by atoms with E-state index in [4.69, 9.17) is 0 Å². The van der Waals surface area contributed by atoms with Gasteiger partial charge >= 0.3 is 5.97 Å². The smallest absolute Gasteiger partial charge is 0.336 e. The Balaban J connectivity index is 2.33. The molecule has 1 aromatic carbocycles. The van der Waals surface area contributed by atoms with Crippen LogP contribution in [0.5, 0.6) is 0 Å². The van der Waals surface area contributed by atoms with Crippen LogP contribution in [0.3, 0.4) is 0 Å². The summed E-state index contributed by atoms with van der Waals surface area (Å²) >= 11 is 0. The number of benzene rings is 1. The van der Waals surface area contributed by atoms with Gasteiger partial charge in [-0.2, -0.15) is 0 Å². The van der Waals surface area contributed by atoms with Gasteiger partial charge in [0.1, 0.15) is 6.10 Å². The highest BCUT2D eigenvalue weighted by Crippen LogP contribution is 2.35. The first kappa shape index (κ1) is 15.6. The highest BCUT2D eigenvalue weighted by molar-refractivity contribution is 5.92. The molecule has 2 rings (SSSR count). The summed E-state index contributed by atoms with van der Waals surface area (Å²) in [6, 6.07) is 7.16. The SMILES string of the molecule is Cc1ccc(C[C@H]2[C@@H](O)[C@H](O)C(=O)C[C@]2(O)C(=O)O)cc1. The van der Waals surface area contributed by atoms with Gasteiger partial charge in [0, 0.05) is 12.3 Å². The van der Waals surface area contributed by atoms with Crippen LogP contribution < -0.4 is 0 Å². The van der Waals surface area contributed by atoms with E-state index in [1.807, 2.05) is 19.1 Å². The molecule has 0 spiro atoms. The second kappa shape index (κ2) is 5.55. The molecule has 1 fully saturated rings. The Bertz CT molecular complexity index is 552. The first-order valence-corrected chi connectivity index (χ1v) is 6.66. The fraction of sp³-hybridized carbons (Fsp3) is 0.467. The molecule has 6 heteroatoms. The van der Waals surface area contributed by atoms with Crippen molar-refractivity contribution in [1.82, 2.24) is 0 Å². The van der Waals surface area contributed by atoms with Crippen molar-refractivity contribution in [3.8, 4) is 0 Å². The number of aliphatic hydroxyl groups is 3. The summed E-state index contributed by atoms with van der Waals surface area (Å²) in [6.07, 6.45) is -3.94. The Morgan fingerprint density at radius 2 is 1.86 bits per heavy atom. The monoisotopic (exact) mass is 294 g/mol. The minimum absolute atomic E-state index is 0.0502. The van der Waals surface area contributed by atoms with Crippen molar-refractivity contribution in [1.29, 1.82) is 0 Å². The molecule has 1 aromatic rings. The molecular formula is C15H18O6. The van der Waals surface area contributed by atoms with E-state index in [-0.39, 0.29) is 6.42 Å². The third kappa shape index (κ3) is 2.83. The summed E-state index contributed by atoms with van der Waals surface area (Å²) in [7, 11) is 0. The average Bonchev–Trinajstić information content (AvgIpc) is 2.43. The third-order valence-corrected chi connectivity index (χ3v) is 4.07. The van der Waals surface area contributed by atoms with E-state index >= 15 is 0 Å². The third-order valence-electron chi connectivity index (χ3n) is 4.07. The van der Waals surface area contributed by atoms with Gasteiger partial charge in [0.15, 0.2) is 11.4 Å². The molecule has 0 amide bonds. The standard InChI is InChI=1S/C15H18O6/c1-8-2-4-9(5-3-8)6-10-12(17)13(18)11(16)7-15(10,21)14(19)20/h2-5,10,12-13,17-18,21H,6-7H2,1H3,(H,19,20)/t10-,12+,13+,15+/m0/s1. The lowest BCUT2D eigenvalue weighted by Crippen LogP contribution is -2.61. The van der Waals surface area contributed by atoms with Crippen molar-refractivity contribution in [2.24, 2.45) is 5.92 Å². The molecule has 1 aliphatic rings. The van der Waals surface area contributed by atoms with Crippen LogP contribution in [0.4, 0.5) is 0 Å². The zero-order chi connectivity index (χ0) is 15.8. The number of carbonyl (C=O) groups is 2. The predicted molar refractivity (Wildman–Crippen MR) is 72.6 cm³/mol. The maximum Gasteiger partial charge on any atom is 0.336 e. The lowest BCUT2D eigenvalue weighted by atomic mass is 9.69. The molecule has 0 aliphatic heterocycles. The average molecular weight is 294 g/mol.